The number of cyclic esters (lactones) is 1. The van der Waals surface area contributed by atoms with Crippen LogP contribution in [0.15, 0.2) is 48.9 Å². The van der Waals surface area contributed by atoms with E-state index in [1.54, 1.807) is 18.3 Å². The molecule has 7 heteroatoms. The maximum Gasteiger partial charge on any atom is 0.413 e. The van der Waals surface area contributed by atoms with Crippen LogP contribution in [0.3, 0.4) is 0 Å². The van der Waals surface area contributed by atoms with Crippen molar-refractivity contribution in [1.29, 1.82) is 0 Å². The Labute approximate surface area is 168 Å². The average molecular weight is 388 g/mol. The maximum absolute atomic E-state index is 12.6. The normalized spacial score (nSPS) is 22.7. The SMILES string of the molecule is O=C1Nc2ncc(C=CC(=O)N3CC4C=C(c5ccncc5)CC4C3)cc2CO1. The number of likely N-dealkylation sites (tertiary alicyclic amines) is 1. The minimum Gasteiger partial charge on any atom is -0.444 e. The molecule has 0 bridgehead atoms. The lowest BCUT2D eigenvalue weighted by Gasteiger charge is -2.16. The highest BCUT2D eigenvalue weighted by molar-refractivity contribution is 5.92. The number of carbonyl (C=O) groups is 2. The summed E-state index contributed by atoms with van der Waals surface area (Å²) in [4.78, 5) is 34.1. The van der Waals surface area contributed by atoms with Gasteiger partial charge in [0.25, 0.3) is 0 Å². The number of fused-ring (bicyclic) bond motifs is 2. The minimum atomic E-state index is -0.496. The number of allylic oxidation sites excluding steroid dienone is 1. The van der Waals surface area contributed by atoms with Gasteiger partial charge in [-0.05, 0) is 59.2 Å². The third-order valence-electron chi connectivity index (χ3n) is 5.74. The van der Waals surface area contributed by atoms with E-state index in [1.807, 2.05) is 35.5 Å². The summed E-state index contributed by atoms with van der Waals surface area (Å²) in [6.07, 6.45) is 11.5. The summed E-state index contributed by atoms with van der Waals surface area (Å²) >= 11 is 0. The maximum atomic E-state index is 12.6. The Hall–Kier alpha value is -3.48. The molecule has 1 aliphatic carbocycles. The van der Waals surface area contributed by atoms with Crippen LogP contribution in [0.1, 0.15) is 23.1 Å². The molecule has 146 valence electrons. The molecule has 2 aliphatic heterocycles. The molecule has 1 saturated heterocycles. The molecular formula is C22H20N4O3. The van der Waals surface area contributed by atoms with Crippen molar-refractivity contribution in [3.05, 3.63) is 65.6 Å². The average Bonchev–Trinajstić information content (AvgIpc) is 3.32. The first-order valence-corrected chi connectivity index (χ1v) is 9.66. The highest BCUT2D eigenvalue weighted by Crippen LogP contribution is 2.40. The first kappa shape index (κ1) is 17.6. The van der Waals surface area contributed by atoms with Crippen molar-refractivity contribution in [2.75, 3.05) is 18.4 Å². The Morgan fingerprint density at radius 2 is 2.14 bits per heavy atom. The van der Waals surface area contributed by atoms with Gasteiger partial charge in [0.15, 0.2) is 0 Å². The Balaban J connectivity index is 1.23. The van der Waals surface area contributed by atoms with E-state index in [1.165, 1.54) is 11.1 Å². The zero-order chi connectivity index (χ0) is 19.8. The molecule has 2 aromatic rings. The number of anilines is 1. The molecule has 1 fully saturated rings. The largest absolute Gasteiger partial charge is 0.444 e. The van der Waals surface area contributed by atoms with Crippen LogP contribution in [0.4, 0.5) is 10.6 Å². The van der Waals surface area contributed by atoms with Crippen molar-refractivity contribution in [3.63, 3.8) is 0 Å². The topological polar surface area (TPSA) is 84.4 Å². The van der Waals surface area contributed by atoms with Crippen LogP contribution in [-0.4, -0.2) is 40.0 Å². The molecule has 0 aromatic carbocycles. The van der Waals surface area contributed by atoms with Crippen molar-refractivity contribution >= 4 is 29.5 Å². The zero-order valence-corrected chi connectivity index (χ0v) is 15.7. The number of nitrogens with one attached hydrogen (secondary N) is 1. The Morgan fingerprint density at radius 1 is 1.28 bits per heavy atom. The van der Waals surface area contributed by atoms with Gasteiger partial charge >= 0.3 is 6.09 Å². The van der Waals surface area contributed by atoms with Crippen LogP contribution in [0, 0.1) is 11.8 Å². The van der Waals surface area contributed by atoms with Gasteiger partial charge in [-0.3, -0.25) is 15.1 Å². The lowest BCUT2D eigenvalue weighted by atomic mass is 9.99. The summed E-state index contributed by atoms with van der Waals surface area (Å²) in [5.74, 6) is 1.43. The van der Waals surface area contributed by atoms with E-state index in [-0.39, 0.29) is 12.5 Å². The van der Waals surface area contributed by atoms with Crippen molar-refractivity contribution in [2.24, 2.45) is 11.8 Å². The van der Waals surface area contributed by atoms with Crippen LogP contribution < -0.4 is 5.32 Å². The van der Waals surface area contributed by atoms with Crippen molar-refractivity contribution in [1.82, 2.24) is 14.9 Å². The molecule has 0 radical (unpaired) electrons. The molecule has 0 spiro atoms. The fourth-order valence-electron chi connectivity index (χ4n) is 4.26. The smallest absolute Gasteiger partial charge is 0.413 e. The second-order valence-electron chi connectivity index (χ2n) is 7.61. The van der Waals surface area contributed by atoms with E-state index in [0.717, 1.165) is 30.6 Å². The summed E-state index contributed by atoms with van der Waals surface area (Å²) in [7, 11) is 0. The Bertz CT molecular complexity index is 1030. The highest BCUT2D eigenvalue weighted by atomic mass is 16.5. The summed E-state index contributed by atoms with van der Waals surface area (Å²) in [6.45, 7) is 1.72. The third kappa shape index (κ3) is 3.51. The molecule has 7 nitrogen and oxygen atoms in total. The minimum absolute atomic E-state index is 0.0144. The van der Waals surface area contributed by atoms with Gasteiger partial charge in [-0.2, -0.15) is 0 Å². The molecule has 2 aromatic heterocycles. The van der Waals surface area contributed by atoms with Crippen LogP contribution in [-0.2, 0) is 16.1 Å². The molecular weight excluding hydrogens is 368 g/mol. The number of hydrogen-bond acceptors (Lipinski definition) is 5. The number of carbonyl (C=O) groups excluding carboxylic acids is 2. The van der Waals surface area contributed by atoms with Crippen LogP contribution >= 0.6 is 0 Å². The van der Waals surface area contributed by atoms with E-state index in [9.17, 15) is 9.59 Å². The monoisotopic (exact) mass is 388 g/mol. The van der Waals surface area contributed by atoms with E-state index in [2.05, 4.69) is 21.4 Å². The molecule has 0 saturated carbocycles. The van der Waals surface area contributed by atoms with E-state index >= 15 is 0 Å². The number of aromatic nitrogens is 2. The lowest BCUT2D eigenvalue weighted by molar-refractivity contribution is -0.125. The summed E-state index contributed by atoms with van der Waals surface area (Å²) in [6, 6.07) is 5.96. The van der Waals surface area contributed by atoms with E-state index in [0.29, 0.717) is 17.7 Å². The first-order chi connectivity index (χ1) is 14.2. The Morgan fingerprint density at radius 3 is 2.97 bits per heavy atom. The fraction of sp³-hybridized carbons (Fsp3) is 0.273. The van der Waals surface area contributed by atoms with E-state index in [4.69, 9.17) is 4.74 Å². The predicted molar refractivity (Wildman–Crippen MR) is 107 cm³/mol. The molecule has 29 heavy (non-hydrogen) atoms. The molecule has 1 N–H and O–H groups in total. The third-order valence-corrected chi connectivity index (χ3v) is 5.74. The lowest BCUT2D eigenvalue weighted by Crippen LogP contribution is -2.27. The van der Waals surface area contributed by atoms with E-state index < -0.39 is 6.09 Å². The quantitative estimate of drug-likeness (QED) is 0.817. The van der Waals surface area contributed by atoms with Gasteiger partial charge in [0.1, 0.15) is 12.4 Å². The molecule has 3 aliphatic rings. The van der Waals surface area contributed by atoms with Crippen molar-refractivity contribution in [3.8, 4) is 0 Å². The predicted octanol–water partition coefficient (Wildman–Crippen LogP) is 3.11. The van der Waals surface area contributed by atoms with Gasteiger partial charge in [-0.15, -0.1) is 0 Å². The van der Waals surface area contributed by atoms with Gasteiger partial charge in [-0.25, -0.2) is 9.78 Å². The van der Waals surface area contributed by atoms with Crippen molar-refractivity contribution < 1.29 is 14.3 Å². The summed E-state index contributed by atoms with van der Waals surface area (Å²) in [5, 5.41) is 2.55. The number of ether oxygens (including phenoxy) is 1. The number of nitrogens with zero attached hydrogens (tertiary/aromatic N) is 3. The second kappa shape index (κ2) is 7.16. The molecule has 2 unspecified atom stereocenters. The summed E-state index contributed by atoms with van der Waals surface area (Å²) < 4.78 is 4.95. The van der Waals surface area contributed by atoms with Crippen LogP contribution in [0.25, 0.3) is 11.6 Å². The Kier molecular flexibility index (Phi) is 4.35. The highest BCUT2D eigenvalue weighted by Gasteiger charge is 2.37. The molecule has 4 heterocycles. The standard InChI is InChI=1S/C22H20N4O3/c27-20(2-1-14-7-19-13-29-22(28)25-21(19)24-10-14)26-11-17-8-16(9-18(17)12-26)15-3-5-23-6-4-15/h1-8,10,17-18H,9,11-13H2,(H,24,25,28). The van der Waals surface area contributed by atoms with Gasteiger partial charge in [0.2, 0.25) is 5.91 Å². The second-order valence-corrected chi connectivity index (χ2v) is 7.61. The molecule has 2 atom stereocenters. The van der Waals surface area contributed by atoms with Crippen molar-refractivity contribution in [2.45, 2.75) is 13.0 Å². The number of pyridine rings is 2. The van der Waals surface area contributed by atoms with Gasteiger partial charge in [-0.1, -0.05) is 6.08 Å². The van der Waals surface area contributed by atoms with Crippen LogP contribution in [0.5, 0.6) is 0 Å². The number of hydrogen-bond donors (Lipinski definition) is 1. The fourth-order valence-corrected chi connectivity index (χ4v) is 4.26. The first-order valence-electron chi connectivity index (χ1n) is 9.66. The van der Waals surface area contributed by atoms with Gasteiger partial charge in [0, 0.05) is 43.3 Å². The van der Waals surface area contributed by atoms with Crippen LogP contribution in [0.2, 0.25) is 0 Å². The van der Waals surface area contributed by atoms with Gasteiger partial charge < -0.3 is 9.64 Å². The van der Waals surface area contributed by atoms with Gasteiger partial charge in [0.05, 0.1) is 0 Å². The zero-order valence-electron chi connectivity index (χ0n) is 15.7. The number of rotatable bonds is 3. The summed E-state index contributed by atoms with van der Waals surface area (Å²) in [5.41, 5.74) is 4.19. The molecule has 2 amide bonds. The molecule has 5 rings (SSSR count). The number of amides is 2.